The summed E-state index contributed by atoms with van der Waals surface area (Å²) < 4.78 is 5.63. The molecule has 1 aromatic rings. The lowest BCUT2D eigenvalue weighted by Crippen LogP contribution is -2.14. The Bertz CT molecular complexity index is 251. The first-order valence-corrected chi connectivity index (χ1v) is 5.92. The standard InChI is InChI=1S/C12H18OSi/c1-12(2,3)14-13-10-9-11-7-5-4-6-8-11/h4-8H,9-10H2,1-3H3. The van der Waals surface area contributed by atoms with Gasteiger partial charge in [-0.05, 0) is 17.0 Å². The molecule has 76 valence electrons. The summed E-state index contributed by atoms with van der Waals surface area (Å²) in [5.74, 6) is 0. The van der Waals surface area contributed by atoms with E-state index in [4.69, 9.17) is 4.43 Å². The molecule has 2 radical (unpaired) electrons. The Labute approximate surface area is 89.4 Å². The predicted octanol–water partition coefficient (Wildman–Crippen LogP) is 3.08. The quantitative estimate of drug-likeness (QED) is 0.543. The second kappa shape index (κ2) is 5.32. The van der Waals surface area contributed by atoms with Gasteiger partial charge in [0.15, 0.2) is 0 Å². The van der Waals surface area contributed by atoms with Gasteiger partial charge in [0, 0.05) is 6.61 Å². The van der Waals surface area contributed by atoms with Crippen LogP contribution in [0.2, 0.25) is 5.04 Å². The van der Waals surface area contributed by atoms with Crippen molar-refractivity contribution < 1.29 is 4.43 Å². The molecule has 1 rings (SSSR count). The highest BCUT2D eigenvalue weighted by Gasteiger charge is 2.12. The average Bonchev–Trinajstić information content (AvgIpc) is 2.13. The lowest BCUT2D eigenvalue weighted by Gasteiger charge is -2.15. The maximum absolute atomic E-state index is 5.63. The molecular weight excluding hydrogens is 188 g/mol. The molecule has 0 aromatic heterocycles. The van der Waals surface area contributed by atoms with Gasteiger partial charge >= 0.3 is 0 Å². The summed E-state index contributed by atoms with van der Waals surface area (Å²) in [6, 6.07) is 10.5. The van der Waals surface area contributed by atoms with E-state index >= 15 is 0 Å². The number of hydrogen-bond donors (Lipinski definition) is 0. The third-order valence-corrected chi connectivity index (χ3v) is 2.67. The minimum absolute atomic E-state index is 0.302. The molecule has 0 aliphatic carbocycles. The van der Waals surface area contributed by atoms with Gasteiger partial charge in [-0.1, -0.05) is 51.1 Å². The van der Waals surface area contributed by atoms with Crippen molar-refractivity contribution in [2.75, 3.05) is 6.61 Å². The van der Waals surface area contributed by atoms with Gasteiger partial charge in [0.25, 0.3) is 0 Å². The molecular formula is C12H18OSi. The van der Waals surface area contributed by atoms with Crippen molar-refractivity contribution >= 4 is 9.76 Å². The van der Waals surface area contributed by atoms with Crippen LogP contribution in [0.4, 0.5) is 0 Å². The SMILES string of the molecule is CC(C)(C)[Si]OCCc1ccccc1. The molecule has 2 heteroatoms. The van der Waals surface area contributed by atoms with Crippen molar-refractivity contribution in [2.24, 2.45) is 0 Å². The Hall–Kier alpha value is -0.603. The fourth-order valence-corrected chi connectivity index (χ4v) is 1.72. The fourth-order valence-electron chi connectivity index (χ4n) is 1.08. The van der Waals surface area contributed by atoms with Crippen LogP contribution in [0.5, 0.6) is 0 Å². The highest BCUT2D eigenvalue weighted by Crippen LogP contribution is 2.19. The van der Waals surface area contributed by atoms with Crippen LogP contribution in [-0.2, 0) is 10.8 Å². The van der Waals surface area contributed by atoms with Crippen LogP contribution in [0.1, 0.15) is 26.3 Å². The molecule has 1 aromatic carbocycles. The van der Waals surface area contributed by atoms with E-state index in [1.807, 2.05) is 6.07 Å². The zero-order valence-corrected chi connectivity index (χ0v) is 10.2. The zero-order chi connectivity index (χ0) is 10.4. The van der Waals surface area contributed by atoms with Gasteiger partial charge in [0.05, 0.1) is 0 Å². The molecule has 14 heavy (non-hydrogen) atoms. The van der Waals surface area contributed by atoms with Gasteiger partial charge in [-0.3, -0.25) is 0 Å². The van der Waals surface area contributed by atoms with E-state index in [9.17, 15) is 0 Å². The molecule has 0 bridgehead atoms. The lowest BCUT2D eigenvalue weighted by molar-refractivity contribution is 0.325. The van der Waals surface area contributed by atoms with E-state index in [1.54, 1.807) is 0 Å². The Morgan fingerprint density at radius 3 is 2.36 bits per heavy atom. The van der Waals surface area contributed by atoms with E-state index in [1.165, 1.54) is 5.56 Å². The van der Waals surface area contributed by atoms with Crippen LogP contribution in [0, 0.1) is 0 Å². The highest BCUT2D eigenvalue weighted by molar-refractivity contribution is 6.31. The summed E-state index contributed by atoms with van der Waals surface area (Å²) in [5.41, 5.74) is 1.35. The summed E-state index contributed by atoms with van der Waals surface area (Å²) in [6.07, 6.45) is 1.02. The second-order valence-corrected chi connectivity index (χ2v) is 6.43. The molecule has 0 atom stereocenters. The predicted molar refractivity (Wildman–Crippen MR) is 61.6 cm³/mol. The summed E-state index contributed by atoms with van der Waals surface area (Å²) in [7, 11) is 0.593. The molecule has 0 fully saturated rings. The molecule has 0 saturated heterocycles. The van der Waals surface area contributed by atoms with Gasteiger partial charge in [0.2, 0.25) is 9.76 Å². The molecule has 0 heterocycles. The number of rotatable bonds is 4. The second-order valence-electron chi connectivity index (χ2n) is 4.44. The Morgan fingerprint density at radius 1 is 1.14 bits per heavy atom. The van der Waals surface area contributed by atoms with Crippen molar-refractivity contribution in [1.29, 1.82) is 0 Å². The third kappa shape index (κ3) is 5.20. The molecule has 0 spiro atoms. The Balaban J connectivity index is 2.17. The van der Waals surface area contributed by atoms with Gasteiger partial charge in [0.1, 0.15) is 0 Å². The average molecular weight is 206 g/mol. The molecule has 0 saturated carbocycles. The number of benzene rings is 1. The van der Waals surface area contributed by atoms with E-state index in [0.29, 0.717) is 14.8 Å². The van der Waals surface area contributed by atoms with E-state index in [0.717, 1.165) is 13.0 Å². The zero-order valence-electron chi connectivity index (χ0n) is 9.21. The van der Waals surface area contributed by atoms with E-state index in [2.05, 4.69) is 45.0 Å². The van der Waals surface area contributed by atoms with Gasteiger partial charge in [-0.15, -0.1) is 0 Å². The van der Waals surface area contributed by atoms with Crippen molar-refractivity contribution in [3.8, 4) is 0 Å². The summed E-state index contributed by atoms with van der Waals surface area (Å²) in [6.45, 7) is 7.44. The van der Waals surface area contributed by atoms with Crippen molar-refractivity contribution in [2.45, 2.75) is 32.2 Å². The summed E-state index contributed by atoms with van der Waals surface area (Å²) >= 11 is 0. The van der Waals surface area contributed by atoms with E-state index in [-0.39, 0.29) is 0 Å². The van der Waals surface area contributed by atoms with Gasteiger partial charge < -0.3 is 4.43 Å². The van der Waals surface area contributed by atoms with Crippen LogP contribution in [-0.4, -0.2) is 16.4 Å². The van der Waals surface area contributed by atoms with Crippen molar-refractivity contribution in [3.63, 3.8) is 0 Å². The maximum Gasteiger partial charge on any atom is 0.235 e. The number of hydrogen-bond acceptors (Lipinski definition) is 1. The lowest BCUT2D eigenvalue weighted by atomic mass is 10.2. The summed E-state index contributed by atoms with van der Waals surface area (Å²) in [5, 5.41) is 0.302. The highest BCUT2D eigenvalue weighted by atomic mass is 28.2. The maximum atomic E-state index is 5.63. The van der Waals surface area contributed by atoms with E-state index < -0.39 is 0 Å². The minimum atomic E-state index is 0.302. The molecule has 0 amide bonds. The van der Waals surface area contributed by atoms with Crippen molar-refractivity contribution in [3.05, 3.63) is 35.9 Å². The largest absolute Gasteiger partial charge is 0.417 e. The smallest absolute Gasteiger partial charge is 0.235 e. The van der Waals surface area contributed by atoms with Crippen LogP contribution in [0.15, 0.2) is 30.3 Å². The molecule has 0 aliphatic heterocycles. The minimum Gasteiger partial charge on any atom is -0.417 e. The first-order valence-electron chi connectivity index (χ1n) is 5.01. The Morgan fingerprint density at radius 2 is 1.79 bits per heavy atom. The molecule has 0 N–H and O–H groups in total. The monoisotopic (exact) mass is 206 g/mol. The van der Waals surface area contributed by atoms with Gasteiger partial charge in [-0.2, -0.15) is 0 Å². The van der Waals surface area contributed by atoms with Gasteiger partial charge in [-0.25, -0.2) is 0 Å². The molecule has 0 unspecified atom stereocenters. The summed E-state index contributed by atoms with van der Waals surface area (Å²) in [4.78, 5) is 0. The van der Waals surface area contributed by atoms with Crippen LogP contribution < -0.4 is 0 Å². The van der Waals surface area contributed by atoms with Crippen LogP contribution in [0.3, 0.4) is 0 Å². The molecule has 0 aliphatic rings. The third-order valence-electron chi connectivity index (χ3n) is 1.71. The normalized spacial score (nSPS) is 11.6. The Kier molecular flexibility index (Phi) is 4.36. The molecule has 1 nitrogen and oxygen atoms in total. The van der Waals surface area contributed by atoms with Crippen LogP contribution in [0.25, 0.3) is 0 Å². The van der Waals surface area contributed by atoms with Crippen molar-refractivity contribution in [1.82, 2.24) is 0 Å². The van der Waals surface area contributed by atoms with Crippen LogP contribution >= 0.6 is 0 Å². The fraction of sp³-hybridized carbons (Fsp3) is 0.500. The first-order chi connectivity index (χ1) is 6.58. The first kappa shape index (κ1) is 11.5. The topological polar surface area (TPSA) is 9.23 Å².